The molecule has 122 valence electrons. The maximum absolute atomic E-state index is 14.3. The molecule has 3 nitrogen and oxygen atoms in total. The lowest BCUT2D eigenvalue weighted by molar-refractivity contribution is 0.249. The van der Waals surface area contributed by atoms with Crippen LogP contribution in [0.5, 0.6) is 0 Å². The third kappa shape index (κ3) is 3.89. The second-order valence-electron chi connectivity index (χ2n) is 6.04. The Balaban J connectivity index is 1.65. The number of hydrogen-bond acceptors (Lipinski definition) is 3. The highest BCUT2D eigenvalue weighted by molar-refractivity contribution is 5.55. The predicted molar refractivity (Wildman–Crippen MR) is 93.1 cm³/mol. The molecule has 4 heteroatoms. The topological polar surface area (TPSA) is 32.5 Å². The van der Waals surface area contributed by atoms with Crippen LogP contribution in [-0.2, 0) is 13.0 Å². The molecule has 2 aromatic rings. The van der Waals surface area contributed by atoms with Crippen molar-refractivity contribution in [3.8, 4) is 0 Å². The normalized spacial score (nSPS) is 15.8. The van der Waals surface area contributed by atoms with Gasteiger partial charge in [0.25, 0.3) is 0 Å². The van der Waals surface area contributed by atoms with E-state index in [4.69, 9.17) is 5.73 Å². The van der Waals surface area contributed by atoms with Gasteiger partial charge in [0.2, 0.25) is 0 Å². The quantitative estimate of drug-likeness (QED) is 0.921. The second kappa shape index (κ2) is 7.57. The molecule has 1 fully saturated rings. The molecule has 0 unspecified atom stereocenters. The zero-order valence-electron chi connectivity index (χ0n) is 13.4. The molecule has 0 bridgehead atoms. The summed E-state index contributed by atoms with van der Waals surface area (Å²) in [5.74, 6) is -0.132. The average Bonchev–Trinajstić information content (AvgIpc) is 2.57. The Bertz CT molecular complexity index is 622. The van der Waals surface area contributed by atoms with Gasteiger partial charge in [0, 0.05) is 32.7 Å². The molecular weight excluding hydrogens is 289 g/mol. The van der Waals surface area contributed by atoms with Crippen LogP contribution in [-0.4, -0.2) is 37.6 Å². The molecular formula is C19H24FN3. The van der Waals surface area contributed by atoms with Gasteiger partial charge < -0.3 is 10.6 Å². The summed E-state index contributed by atoms with van der Waals surface area (Å²) >= 11 is 0. The minimum Gasteiger partial charge on any atom is -0.366 e. The maximum atomic E-state index is 14.3. The molecule has 23 heavy (non-hydrogen) atoms. The first-order valence-corrected chi connectivity index (χ1v) is 8.26. The largest absolute Gasteiger partial charge is 0.366 e. The molecule has 3 rings (SSSR count). The SMILES string of the molecule is NCCc1cccc(F)c1N1CCN(Cc2ccccc2)CC1. The van der Waals surface area contributed by atoms with Crippen LogP contribution in [0.1, 0.15) is 11.1 Å². The molecule has 0 radical (unpaired) electrons. The summed E-state index contributed by atoms with van der Waals surface area (Å²) < 4.78 is 14.3. The number of benzene rings is 2. The molecule has 0 atom stereocenters. The first-order valence-electron chi connectivity index (χ1n) is 8.26. The molecule has 1 aliphatic heterocycles. The number of para-hydroxylation sites is 1. The Hall–Kier alpha value is -1.91. The zero-order valence-corrected chi connectivity index (χ0v) is 13.4. The van der Waals surface area contributed by atoms with Crippen LogP contribution in [0.4, 0.5) is 10.1 Å². The van der Waals surface area contributed by atoms with Crippen LogP contribution in [0.3, 0.4) is 0 Å². The van der Waals surface area contributed by atoms with Crippen molar-refractivity contribution in [1.82, 2.24) is 4.90 Å². The van der Waals surface area contributed by atoms with Gasteiger partial charge in [-0.3, -0.25) is 4.90 Å². The highest BCUT2D eigenvalue weighted by Crippen LogP contribution is 2.26. The number of nitrogens with zero attached hydrogens (tertiary/aromatic N) is 2. The van der Waals surface area contributed by atoms with E-state index in [-0.39, 0.29) is 5.82 Å². The number of nitrogens with two attached hydrogens (primary N) is 1. The molecule has 2 aromatic carbocycles. The Morgan fingerprint density at radius 3 is 2.35 bits per heavy atom. The van der Waals surface area contributed by atoms with Crippen molar-refractivity contribution in [2.45, 2.75) is 13.0 Å². The van der Waals surface area contributed by atoms with Gasteiger partial charge in [0.05, 0.1) is 5.69 Å². The van der Waals surface area contributed by atoms with Gasteiger partial charge >= 0.3 is 0 Å². The van der Waals surface area contributed by atoms with E-state index in [2.05, 4.69) is 34.1 Å². The van der Waals surface area contributed by atoms with E-state index in [9.17, 15) is 4.39 Å². The van der Waals surface area contributed by atoms with Crippen LogP contribution in [0.2, 0.25) is 0 Å². The summed E-state index contributed by atoms with van der Waals surface area (Å²) in [5.41, 5.74) is 8.76. The fourth-order valence-electron chi connectivity index (χ4n) is 3.24. The molecule has 1 heterocycles. The summed E-state index contributed by atoms with van der Waals surface area (Å²) in [4.78, 5) is 4.59. The van der Waals surface area contributed by atoms with E-state index in [1.165, 1.54) is 5.56 Å². The highest BCUT2D eigenvalue weighted by atomic mass is 19.1. The van der Waals surface area contributed by atoms with E-state index in [0.29, 0.717) is 6.54 Å². The van der Waals surface area contributed by atoms with Gasteiger partial charge in [0.1, 0.15) is 5.82 Å². The Morgan fingerprint density at radius 1 is 0.913 bits per heavy atom. The first-order chi connectivity index (χ1) is 11.3. The fraction of sp³-hybridized carbons (Fsp3) is 0.368. The van der Waals surface area contributed by atoms with Crippen molar-refractivity contribution in [3.05, 3.63) is 65.5 Å². The standard InChI is InChI=1S/C19H24FN3/c20-18-8-4-7-17(9-10-21)19(18)23-13-11-22(12-14-23)15-16-5-2-1-3-6-16/h1-8H,9-15,21H2. The lowest BCUT2D eigenvalue weighted by Gasteiger charge is -2.37. The van der Waals surface area contributed by atoms with Crippen molar-refractivity contribution < 1.29 is 4.39 Å². The van der Waals surface area contributed by atoms with Crippen LogP contribution < -0.4 is 10.6 Å². The van der Waals surface area contributed by atoms with Crippen molar-refractivity contribution in [1.29, 1.82) is 0 Å². The number of halogens is 1. The van der Waals surface area contributed by atoms with Gasteiger partial charge in [-0.15, -0.1) is 0 Å². The summed E-state index contributed by atoms with van der Waals surface area (Å²) in [6.07, 6.45) is 0.720. The lowest BCUT2D eigenvalue weighted by atomic mass is 10.1. The van der Waals surface area contributed by atoms with Crippen molar-refractivity contribution in [2.24, 2.45) is 5.73 Å². The van der Waals surface area contributed by atoms with E-state index in [1.807, 2.05) is 12.1 Å². The summed E-state index contributed by atoms with van der Waals surface area (Å²) in [6, 6.07) is 15.8. The predicted octanol–water partition coefficient (Wildman–Crippen LogP) is 2.65. The van der Waals surface area contributed by atoms with E-state index in [0.717, 1.165) is 50.4 Å². The van der Waals surface area contributed by atoms with Gasteiger partial charge in [0.15, 0.2) is 0 Å². The minimum absolute atomic E-state index is 0.132. The molecule has 0 spiro atoms. The Labute approximate surface area is 137 Å². The monoisotopic (exact) mass is 313 g/mol. The third-order valence-electron chi connectivity index (χ3n) is 4.42. The van der Waals surface area contributed by atoms with Crippen molar-refractivity contribution in [2.75, 3.05) is 37.6 Å². The Morgan fingerprint density at radius 2 is 1.65 bits per heavy atom. The number of rotatable bonds is 5. The third-order valence-corrected chi connectivity index (χ3v) is 4.42. The van der Waals surface area contributed by atoms with Gasteiger partial charge in [-0.05, 0) is 30.2 Å². The molecule has 0 aliphatic carbocycles. The zero-order chi connectivity index (χ0) is 16.1. The molecule has 0 amide bonds. The summed E-state index contributed by atoms with van der Waals surface area (Å²) in [5, 5.41) is 0. The van der Waals surface area contributed by atoms with Gasteiger partial charge in [-0.2, -0.15) is 0 Å². The Kier molecular flexibility index (Phi) is 5.26. The minimum atomic E-state index is -0.132. The molecule has 0 saturated carbocycles. The van der Waals surface area contributed by atoms with E-state index >= 15 is 0 Å². The van der Waals surface area contributed by atoms with Crippen LogP contribution in [0.25, 0.3) is 0 Å². The van der Waals surface area contributed by atoms with Crippen LogP contribution in [0, 0.1) is 5.82 Å². The van der Waals surface area contributed by atoms with Crippen molar-refractivity contribution >= 4 is 5.69 Å². The number of hydrogen-bond donors (Lipinski definition) is 1. The lowest BCUT2D eigenvalue weighted by Crippen LogP contribution is -2.46. The maximum Gasteiger partial charge on any atom is 0.146 e. The smallest absolute Gasteiger partial charge is 0.146 e. The van der Waals surface area contributed by atoms with Crippen LogP contribution >= 0.6 is 0 Å². The van der Waals surface area contributed by atoms with Crippen molar-refractivity contribution in [3.63, 3.8) is 0 Å². The second-order valence-corrected chi connectivity index (χ2v) is 6.04. The van der Waals surface area contributed by atoms with E-state index in [1.54, 1.807) is 12.1 Å². The van der Waals surface area contributed by atoms with Gasteiger partial charge in [-0.1, -0.05) is 42.5 Å². The van der Waals surface area contributed by atoms with Crippen LogP contribution in [0.15, 0.2) is 48.5 Å². The number of piperazine rings is 1. The van der Waals surface area contributed by atoms with Gasteiger partial charge in [-0.25, -0.2) is 4.39 Å². The molecule has 1 saturated heterocycles. The fourth-order valence-corrected chi connectivity index (χ4v) is 3.24. The number of anilines is 1. The van der Waals surface area contributed by atoms with E-state index < -0.39 is 0 Å². The highest BCUT2D eigenvalue weighted by Gasteiger charge is 2.21. The first kappa shape index (κ1) is 16.0. The molecule has 1 aliphatic rings. The summed E-state index contributed by atoms with van der Waals surface area (Å²) in [6.45, 7) is 5.11. The molecule has 0 aromatic heterocycles. The molecule has 2 N–H and O–H groups in total. The average molecular weight is 313 g/mol. The summed E-state index contributed by atoms with van der Waals surface area (Å²) in [7, 11) is 0.